The molecule has 0 spiro atoms. The molecule has 1 saturated heterocycles. The molecule has 1 fully saturated rings. The number of rotatable bonds is 2. The first-order valence-electron chi connectivity index (χ1n) is 6.40. The summed E-state index contributed by atoms with van der Waals surface area (Å²) in [6.07, 6.45) is 0.138. The molecule has 1 unspecified atom stereocenters. The zero-order valence-electron chi connectivity index (χ0n) is 11.6. The molecule has 5 heteroatoms. The minimum atomic E-state index is -0.464. The fraction of sp³-hybridized carbons (Fsp3) is 0.500. The van der Waals surface area contributed by atoms with Gasteiger partial charge in [0.1, 0.15) is 0 Å². The molecule has 0 saturated carbocycles. The lowest BCUT2D eigenvalue weighted by molar-refractivity contribution is -0.0749. The van der Waals surface area contributed by atoms with Crippen LogP contribution in [-0.2, 0) is 4.74 Å². The number of anilines is 2. The Kier molecular flexibility index (Phi) is 3.41. The molecule has 0 bridgehead atoms. The molecule has 0 radical (unpaired) electrons. The second kappa shape index (κ2) is 4.74. The SMILES string of the molecule is CC1CN(c2ccc(C(N)=O)cc2N)CC(C)(C)O1. The van der Waals surface area contributed by atoms with E-state index in [9.17, 15) is 4.79 Å². The van der Waals surface area contributed by atoms with E-state index in [1.165, 1.54) is 0 Å². The summed E-state index contributed by atoms with van der Waals surface area (Å²) in [6, 6.07) is 5.19. The summed E-state index contributed by atoms with van der Waals surface area (Å²) in [5.74, 6) is -0.464. The molecular formula is C14H21N3O2. The number of hydrogen-bond donors (Lipinski definition) is 2. The Labute approximate surface area is 113 Å². The number of carbonyl (C=O) groups excluding carboxylic acids is 1. The highest BCUT2D eigenvalue weighted by Gasteiger charge is 2.32. The van der Waals surface area contributed by atoms with Gasteiger partial charge < -0.3 is 21.1 Å². The fourth-order valence-corrected chi connectivity index (χ4v) is 2.63. The van der Waals surface area contributed by atoms with Gasteiger partial charge in [-0.2, -0.15) is 0 Å². The minimum absolute atomic E-state index is 0.138. The minimum Gasteiger partial charge on any atom is -0.397 e. The van der Waals surface area contributed by atoms with Gasteiger partial charge in [-0.25, -0.2) is 0 Å². The van der Waals surface area contributed by atoms with Crippen LogP contribution >= 0.6 is 0 Å². The number of primary amides is 1. The highest BCUT2D eigenvalue weighted by molar-refractivity contribution is 5.94. The monoisotopic (exact) mass is 263 g/mol. The lowest BCUT2D eigenvalue weighted by atomic mass is 10.0. The number of ether oxygens (including phenoxy) is 1. The lowest BCUT2D eigenvalue weighted by Crippen LogP contribution is -2.52. The summed E-state index contributed by atoms with van der Waals surface area (Å²) < 4.78 is 5.87. The van der Waals surface area contributed by atoms with Crippen molar-refractivity contribution in [2.45, 2.75) is 32.5 Å². The molecule has 1 amide bonds. The maximum absolute atomic E-state index is 11.1. The van der Waals surface area contributed by atoms with Crippen LogP contribution in [0.4, 0.5) is 11.4 Å². The lowest BCUT2D eigenvalue weighted by Gasteiger charge is -2.43. The predicted molar refractivity (Wildman–Crippen MR) is 76.2 cm³/mol. The van der Waals surface area contributed by atoms with Gasteiger partial charge in [0.05, 0.1) is 23.1 Å². The Morgan fingerprint density at radius 1 is 1.47 bits per heavy atom. The van der Waals surface area contributed by atoms with E-state index < -0.39 is 5.91 Å². The molecule has 1 aromatic carbocycles. The molecule has 1 atom stereocenters. The fourth-order valence-electron chi connectivity index (χ4n) is 2.63. The van der Waals surface area contributed by atoms with E-state index in [0.29, 0.717) is 11.3 Å². The van der Waals surface area contributed by atoms with E-state index in [4.69, 9.17) is 16.2 Å². The summed E-state index contributed by atoms with van der Waals surface area (Å²) in [4.78, 5) is 13.3. The van der Waals surface area contributed by atoms with Crippen LogP contribution in [0.1, 0.15) is 31.1 Å². The van der Waals surface area contributed by atoms with Gasteiger partial charge in [-0.3, -0.25) is 4.79 Å². The molecule has 1 aliphatic rings. The Morgan fingerprint density at radius 3 is 2.68 bits per heavy atom. The third-order valence-electron chi connectivity index (χ3n) is 3.22. The zero-order valence-corrected chi connectivity index (χ0v) is 11.6. The van der Waals surface area contributed by atoms with Crippen LogP contribution in [0, 0.1) is 0 Å². The maximum atomic E-state index is 11.1. The molecule has 1 aliphatic heterocycles. The van der Waals surface area contributed by atoms with Crippen LogP contribution in [0.2, 0.25) is 0 Å². The van der Waals surface area contributed by atoms with Gasteiger partial charge in [0.25, 0.3) is 0 Å². The standard InChI is InChI=1S/C14H21N3O2/c1-9-7-17(8-14(2,3)19-9)12-5-4-10(13(16)18)6-11(12)15/h4-6,9H,7-8,15H2,1-3H3,(H2,16,18). The number of nitrogens with zero attached hydrogens (tertiary/aromatic N) is 1. The van der Waals surface area contributed by atoms with Crippen molar-refractivity contribution < 1.29 is 9.53 Å². The molecule has 2 rings (SSSR count). The van der Waals surface area contributed by atoms with Gasteiger partial charge in [0, 0.05) is 18.7 Å². The van der Waals surface area contributed by atoms with Crippen molar-refractivity contribution in [3.63, 3.8) is 0 Å². The van der Waals surface area contributed by atoms with Crippen LogP contribution < -0.4 is 16.4 Å². The van der Waals surface area contributed by atoms with Crippen LogP contribution in [-0.4, -0.2) is 30.7 Å². The molecule has 1 aromatic rings. The maximum Gasteiger partial charge on any atom is 0.248 e. The van der Waals surface area contributed by atoms with Crippen LogP contribution in [0.3, 0.4) is 0 Å². The van der Waals surface area contributed by atoms with Crippen molar-refractivity contribution in [1.82, 2.24) is 0 Å². The molecular weight excluding hydrogens is 242 g/mol. The van der Waals surface area contributed by atoms with Gasteiger partial charge in [-0.05, 0) is 39.0 Å². The molecule has 0 aromatic heterocycles. The first-order chi connectivity index (χ1) is 8.78. The number of carbonyl (C=O) groups is 1. The molecule has 5 nitrogen and oxygen atoms in total. The summed E-state index contributed by atoms with van der Waals surface area (Å²) in [5, 5.41) is 0. The van der Waals surface area contributed by atoms with Gasteiger partial charge >= 0.3 is 0 Å². The summed E-state index contributed by atoms with van der Waals surface area (Å²) in [7, 11) is 0. The van der Waals surface area contributed by atoms with Crippen molar-refractivity contribution in [2.75, 3.05) is 23.7 Å². The summed E-state index contributed by atoms with van der Waals surface area (Å²) >= 11 is 0. The van der Waals surface area contributed by atoms with E-state index >= 15 is 0 Å². The van der Waals surface area contributed by atoms with Gasteiger partial charge in [-0.15, -0.1) is 0 Å². The van der Waals surface area contributed by atoms with E-state index in [1.807, 2.05) is 13.0 Å². The van der Waals surface area contributed by atoms with E-state index in [-0.39, 0.29) is 11.7 Å². The Hall–Kier alpha value is -1.75. The van der Waals surface area contributed by atoms with Gasteiger partial charge in [0.15, 0.2) is 0 Å². The predicted octanol–water partition coefficient (Wildman–Crippen LogP) is 1.37. The average molecular weight is 263 g/mol. The largest absolute Gasteiger partial charge is 0.397 e. The molecule has 19 heavy (non-hydrogen) atoms. The van der Waals surface area contributed by atoms with Crippen molar-refractivity contribution in [3.05, 3.63) is 23.8 Å². The number of nitrogen functional groups attached to an aromatic ring is 1. The van der Waals surface area contributed by atoms with E-state index in [2.05, 4.69) is 18.7 Å². The van der Waals surface area contributed by atoms with Crippen LogP contribution in [0.5, 0.6) is 0 Å². The van der Waals surface area contributed by atoms with E-state index in [1.54, 1.807) is 12.1 Å². The first-order valence-corrected chi connectivity index (χ1v) is 6.40. The van der Waals surface area contributed by atoms with Crippen molar-refractivity contribution in [2.24, 2.45) is 5.73 Å². The Bertz CT molecular complexity index is 499. The summed E-state index contributed by atoms with van der Waals surface area (Å²) in [6.45, 7) is 7.70. The molecule has 4 N–H and O–H groups in total. The smallest absolute Gasteiger partial charge is 0.248 e. The topological polar surface area (TPSA) is 81.6 Å². The highest BCUT2D eigenvalue weighted by Crippen LogP contribution is 2.30. The second-order valence-electron chi connectivity index (χ2n) is 5.71. The zero-order chi connectivity index (χ0) is 14.2. The summed E-state index contributed by atoms with van der Waals surface area (Å²) in [5.41, 5.74) is 13.0. The van der Waals surface area contributed by atoms with Crippen LogP contribution in [0.25, 0.3) is 0 Å². The average Bonchev–Trinajstić information content (AvgIpc) is 2.25. The Balaban J connectivity index is 2.29. The Morgan fingerprint density at radius 2 is 2.16 bits per heavy atom. The van der Waals surface area contributed by atoms with Gasteiger partial charge in [-0.1, -0.05) is 0 Å². The third-order valence-corrected chi connectivity index (χ3v) is 3.22. The number of morpholine rings is 1. The van der Waals surface area contributed by atoms with Crippen molar-refractivity contribution in [3.8, 4) is 0 Å². The molecule has 1 heterocycles. The third kappa shape index (κ3) is 2.98. The highest BCUT2D eigenvalue weighted by atomic mass is 16.5. The van der Waals surface area contributed by atoms with Crippen LogP contribution in [0.15, 0.2) is 18.2 Å². The molecule has 0 aliphatic carbocycles. The van der Waals surface area contributed by atoms with Crippen molar-refractivity contribution >= 4 is 17.3 Å². The second-order valence-corrected chi connectivity index (χ2v) is 5.71. The molecule has 104 valence electrons. The quantitative estimate of drug-likeness (QED) is 0.790. The number of benzene rings is 1. The number of amides is 1. The number of nitrogens with two attached hydrogens (primary N) is 2. The van der Waals surface area contributed by atoms with Gasteiger partial charge in [0.2, 0.25) is 5.91 Å². The number of hydrogen-bond acceptors (Lipinski definition) is 4. The van der Waals surface area contributed by atoms with Crippen molar-refractivity contribution in [1.29, 1.82) is 0 Å². The normalized spacial score (nSPS) is 22.3. The first kappa shape index (κ1) is 13.7. The van der Waals surface area contributed by atoms with E-state index in [0.717, 1.165) is 18.8 Å².